The average molecular weight is 524 g/mol. The molecule has 2 heterocycles. The van der Waals surface area contributed by atoms with Crippen LogP contribution in [0.15, 0.2) is 59.6 Å². The fraction of sp³-hybridized carbons (Fsp3) is 0.357. The summed E-state index contributed by atoms with van der Waals surface area (Å²) in [6, 6.07) is 13.7. The van der Waals surface area contributed by atoms with Crippen molar-refractivity contribution >= 4 is 15.9 Å². The Morgan fingerprint density at radius 2 is 1.76 bits per heavy atom. The van der Waals surface area contributed by atoms with Crippen molar-refractivity contribution < 1.29 is 22.7 Å². The number of hydrogen-bond donors (Lipinski definition) is 2. The van der Waals surface area contributed by atoms with Crippen molar-refractivity contribution in [3.05, 3.63) is 77.1 Å². The molecule has 0 saturated carbocycles. The molecule has 1 aliphatic heterocycles. The molecule has 37 heavy (non-hydrogen) atoms. The summed E-state index contributed by atoms with van der Waals surface area (Å²) >= 11 is 0. The second kappa shape index (κ2) is 9.89. The highest BCUT2D eigenvalue weighted by Crippen LogP contribution is 2.35. The van der Waals surface area contributed by atoms with Crippen LogP contribution in [0.1, 0.15) is 61.8 Å². The maximum atomic E-state index is 13.0. The minimum atomic E-state index is -3.74. The van der Waals surface area contributed by atoms with Gasteiger partial charge in [0.1, 0.15) is 5.75 Å². The zero-order chi connectivity index (χ0) is 27.0. The Hall–Kier alpha value is -3.27. The van der Waals surface area contributed by atoms with Gasteiger partial charge in [0.25, 0.3) is 5.91 Å². The van der Waals surface area contributed by atoms with Crippen molar-refractivity contribution in [2.75, 3.05) is 0 Å². The molecule has 2 N–H and O–H groups in total. The lowest BCUT2D eigenvalue weighted by Crippen LogP contribution is -2.40. The molecule has 0 aliphatic carbocycles. The molecule has 0 unspecified atom stereocenters. The first-order chi connectivity index (χ1) is 17.3. The van der Waals surface area contributed by atoms with Gasteiger partial charge in [0.05, 0.1) is 17.2 Å². The number of ether oxygens (including phenoxy) is 2. The third kappa shape index (κ3) is 6.18. The van der Waals surface area contributed by atoms with Crippen molar-refractivity contribution in [2.24, 2.45) is 0 Å². The maximum absolute atomic E-state index is 13.0. The summed E-state index contributed by atoms with van der Waals surface area (Å²) in [4.78, 5) is 17.5. The maximum Gasteiger partial charge on any atom is 0.251 e. The summed E-state index contributed by atoms with van der Waals surface area (Å²) in [6.45, 7) is 11.6. The van der Waals surface area contributed by atoms with Crippen molar-refractivity contribution in [3.8, 4) is 16.9 Å². The molecule has 4 rings (SSSR count). The van der Waals surface area contributed by atoms with E-state index in [0.717, 1.165) is 16.8 Å². The summed E-state index contributed by atoms with van der Waals surface area (Å²) in [5.74, 6) is -0.292. The molecule has 2 aromatic carbocycles. The van der Waals surface area contributed by atoms with Crippen LogP contribution in [0.4, 0.5) is 0 Å². The molecule has 0 atom stereocenters. The molecule has 3 aromatic rings. The first kappa shape index (κ1) is 26.8. The number of carbonyl (C=O) groups excluding carboxylic acids is 1. The molecule has 0 fully saturated rings. The number of rotatable bonds is 6. The number of benzene rings is 2. The predicted octanol–water partition coefficient (Wildman–Crippen LogP) is 4.71. The molecule has 9 heteroatoms. The molecule has 1 aromatic heterocycles. The number of amides is 1. The largest absolute Gasteiger partial charge is 0.461 e. The van der Waals surface area contributed by atoms with Crippen LogP contribution in [0, 0.1) is 6.92 Å². The summed E-state index contributed by atoms with van der Waals surface area (Å²) in [7, 11) is -3.74. The number of hydrogen-bond acceptors (Lipinski definition) is 6. The smallest absolute Gasteiger partial charge is 0.251 e. The van der Waals surface area contributed by atoms with Crippen molar-refractivity contribution in [1.82, 2.24) is 15.0 Å². The number of aromatic nitrogens is 1. The zero-order valence-electron chi connectivity index (χ0n) is 22.0. The average Bonchev–Trinajstić information content (AvgIpc) is 2.82. The normalized spacial score (nSPS) is 15.0. The first-order valence-electron chi connectivity index (χ1n) is 12.1. The Morgan fingerprint density at radius 1 is 1.08 bits per heavy atom. The number of nitrogens with zero attached hydrogens (tertiary/aromatic N) is 1. The van der Waals surface area contributed by atoms with E-state index in [0.29, 0.717) is 29.0 Å². The van der Waals surface area contributed by atoms with Crippen molar-refractivity contribution in [1.29, 1.82) is 0 Å². The Morgan fingerprint density at radius 3 is 2.43 bits per heavy atom. The van der Waals surface area contributed by atoms with Crippen LogP contribution >= 0.6 is 0 Å². The zero-order valence-corrected chi connectivity index (χ0v) is 22.8. The van der Waals surface area contributed by atoms with Gasteiger partial charge < -0.3 is 14.8 Å². The number of carbonyl (C=O) groups is 1. The molecule has 8 nitrogen and oxygen atoms in total. The summed E-state index contributed by atoms with van der Waals surface area (Å²) < 4.78 is 40.4. The van der Waals surface area contributed by atoms with Gasteiger partial charge in [-0.05, 0) is 57.0 Å². The van der Waals surface area contributed by atoms with E-state index in [-0.39, 0.29) is 17.3 Å². The Labute approximate surface area is 218 Å². The number of aryl methyl sites for hydroxylation is 1. The highest BCUT2D eigenvalue weighted by Gasteiger charge is 2.30. The van der Waals surface area contributed by atoms with Gasteiger partial charge >= 0.3 is 0 Å². The minimum Gasteiger partial charge on any atom is -0.461 e. The van der Waals surface area contributed by atoms with Crippen molar-refractivity contribution in [2.45, 2.75) is 70.9 Å². The third-order valence-electron chi connectivity index (χ3n) is 5.83. The predicted molar refractivity (Wildman–Crippen MR) is 142 cm³/mol. The Bertz CT molecular complexity index is 1430. The molecule has 0 saturated heterocycles. The van der Waals surface area contributed by atoms with Crippen LogP contribution in [0.3, 0.4) is 0 Å². The van der Waals surface area contributed by atoms with E-state index in [1.807, 2.05) is 20.8 Å². The van der Waals surface area contributed by atoms with Gasteiger partial charge in [-0.2, -0.15) is 0 Å². The quantitative estimate of drug-likeness (QED) is 0.485. The van der Waals surface area contributed by atoms with E-state index in [9.17, 15) is 13.2 Å². The number of sulfonamides is 1. The van der Waals surface area contributed by atoms with Gasteiger partial charge in [0.15, 0.2) is 0 Å². The van der Waals surface area contributed by atoms with Gasteiger partial charge in [-0.25, -0.2) is 13.1 Å². The molecular formula is C28H33N3O5S. The Kier molecular flexibility index (Phi) is 7.16. The SMILES string of the molecule is Cc1ncc(CNC(=O)c2ccc(-c3ccccc3S(=O)(=O)NC(C)(C)C)cc2)c2c1OC(C)(C)OC2. The van der Waals surface area contributed by atoms with E-state index in [2.05, 4.69) is 15.0 Å². The second-order valence-electron chi connectivity index (χ2n) is 10.6. The van der Waals surface area contributed by atoms with E-state index in [1.54, 1.807) is 75.5 Å². The monoisotopic (exact) mass is 523 g/mol. The lowest BCUT2D eigenvalue weighted by Gasteiger charge is -2.34. The molecule has 196 valence electrons. The lowest BCUT2D eigenvalue weighted by molar-refractivity contribution is -0.180. The molecule has 0 radical (unpaired) electrons. The van der Waals surface area contributed by atoms with Crippen LogP contribution in [0.2, 0.25) is 0 Å². The number of pyridine rings is 1. The van der Waals surface area contributed by atoms with Gasteiger partial charge in [0, 0.05) is 48.8 Å². The molecule has 1 aliphatic rings. The van der Waals surface area contributed by atoms with Crippen LogP contribution < -0.4 is 14.8 Å². The summed E-state index contributed by atoms with van der Waals surface area (Å²) in [6.07, 6.45) is 1.73. The van der Waals surface area contributed by atoms with Crippen LogP contribution in [0.25, 0.3) is 11.1 Å². The topological polar surface area (TPSA) is 107 Å². The summed E-state index contributed by atoms with van der Waals surface area (Å²) in [5.41, 5.74) is 3.58. The Balaban J connectivity index is 1.51. The van der Waals surface area contributed by atoms with Gasteiger partial charge in [-0.3, -0.25) is 9.78 Å². The van der Waals surface area contributed by atoms with Crippen LogP contribution in [0.5, 0.6) is 5.75 Å². The second-order valence-corrected chi connectivity index (χ2v) is 12.2. The number of nitrogens with one attached hydrogen (secondary N) is 2. The summed E-state index contributed by atoms with van der Waals surface area (Å²) in [5, 5.41) is 2.93. The molecule has 0 bridgehead atoms. The molecule has 0 spiro atoms. The van der Waals surface area contributed by atoms with Gasteiger partial charge in [-0.1, -0.05) is 30.3 Å². The van der Waals surface area contributed by atoms with E-state index in [1.165, 1.54) is 0 Å². The first-order valence-corrected chi connectivity index (χ1v) is 13.6. The van der Waals surface area contributed by atoms with Crippen molar-refractivity contribution in [3.63, 3.8) is 0 Å². The fourth-order valence-corrected chi connectivity index (χ4v) is 5.77. The minimum absolute atomic E-state index is 0.186. The molecular weight excluding hydrogens is 490 g/mol. The third-order valence-corrected chi connectivity index (χ3v) is 7.65. The fourth-order valence-electron chi connectivity index (χ4n) is 4.12. The lowest BCUT2D eigenvalue weighted by atomic mass is 10.0. The van der Waals surface area contributed by atoms with Gasteiger partial charge in [-0.15, -0.1) is 0 Å². The van der Waals surface area contributed by atoms with E-state index >= 15 is 0 Å². The number of fused-ring (bicyclic) bond motifs is 1. The van der Waals surface area contributed by atoms with E-state index in [4.69, 9.17) is 9.47 Å². The van der Waals surface area contributed by atoms with E-state index < -0.39 is 21.3 Å². The van der Waals surface area contributed by atoms with Crippen LogP contribution in [-0.4, -0.2) is 30.6 Å². The molecule has 1 amide bonds. The van der Waals surface area contributed by atoms with Crippen LogP contribution in [-0.2, 0) is 27.9 Å². The highest BCUT2D eigenvalue weighted by molar-refractivity contribution is 7.89. The van der Waals surface area contributed by atoms with Gasteiger partial charge in [0.2, 0.25) is 15.8 Å². The standard InChI is InChI=1S/C28H33N3O5S/c1-18-25-23(17-35-28(5,6)36-25)21(15-29-18)16-30-26(32)20-13-11-19(12-14-20)22-9-7-8-10-24(22)37(33,34)31-27(2,3)4/h7-15,31H,16-17H2,1-6H3,(H,30,32). The highest BCUT2D eigenvalue weighted by atomic mass is 32.2.